The van der Waals surface area contributed by atoms with Crippen molar-refractivity contribution in [2.45, 2.75) is 169 Å². The van der Waals surface area contributed by atoms with Gasteiger partial charge in [-0.2, -0.15) is 0 Å². The highest BCUT2D eigenvalue weighted by Crippen LogP contribution is 2.29. The van der Waals surface area contributed by atoms with E-state index in [-0.39, 0.29) is 0 Å². The Morgan fingerprint density at radius 3 is 1.25 bits per heavy atom. The number of likely N-dealkylation sites (tertiary alicyclic amines) is 3. The van der Waals surface area contributed by atoms with E-state index in [1.54, 1.807) is 0 Å². The first-order valence-corrected chi connectivity index (χ1v) is 21.3. The van der Waals surface area contributed by atoms with Crippen LogP contribution in [0.1, 0.15) is 133 Å². The monoisotopic (exact) mass is 742 g/mol. The van der Waals surface area contributed by atoms with E-state index in [1.165, 1.54) is 95.5 Å². The lowest BCUT2D eigenvalue weighted by atomic mass is 9.93. The van der Waals surface area contributed by atoms with E-state index in [4.69, 9.17) is 0 Å². The maximum Gasteiger partial charge on any atom is 0.0245 e. The number of likely N-dealkylation sites (N-methyl/N-ethyl adjacent to an activating group) is 1. The molecule has 1 aromatic carbocycles. The Kier molecular flexibility index (Phi) is 19.0. The van der Waals surface area contributed by atoms with Gasteiger partial charge in [-0.15, -0.1) is 0 Å². The van der Waals surface area contributed by atoms with Gasteiger partial charge in [-0.05, 0) is 201 Å². The molecule has 0 amide bonds. The van der Waals surface area contributed by atoms with E-state index in [2.05, 4.69) is 184 Å². The molecule has 1 aromatic rings. The molecule has 310 valence electrons. The maximum absolute atomic E-state index is 2.61. The van der Waals surface area contributed by atoms with Crippen molar-refractivity contribution in [1.82, 2.24) is 34.3 Å². The molecular formula is C46H91N7. The summed E-state index contributed by atoms with van der Waals surface area (Å²) in [6.45, 7) is 38.7. The van der Waals surface area contributed by atoms with Gasteiger partial charge in [0.2, 0.25) is 0 Å². The third kappa shape index (κ3) is 17.3. The van der Waals surface area contributed by atoms with Crippen LogP contribution < -0.4 is 0 Å². The van der Waals surface area contributed by atoms with Crippen molar-refractivity contribution in [3.05, 3.63) is 35.4 Å². The second-order valence-electron chi connectivity index (χ2n) is 21.4. The average molecular weight is 742 g/mol. The van der Waals surface area contributed by atoms with Crippen LogP contribution in [0.5, 0.6) is 0 Å². The lowest BCUT2D eigenvalue weighted by Gasteiger charge is -2.43. The van der Waals surface area contributed by atoms with Gasteiger partial charge in [0.05, 0.1) is 0 Å². The zero-order chi connectivity index (χ0) is 40.4. The molecule has 1 atom stereocenters. The quantitative estimate of drug-likeness (QED) is 0.305. The van der Waals surface area contributed by atoms with Gasteiger partial charge in [0.15, 0.2) is 0 Å². The molecule has 3 saturated heterocycles. The van der Waals surface area contributed by atoms with Gasteiger partial charge < -0.3 is 14.7 Å². The lowest BCUT2D eigenvalue weighted by Crippen LogP contribution is -2.52. The van der Waals surface area contributed by atoms with Crippen molar-refractivity contribution in [3.63, 3.8) is 0 Å². The molecular weight excluding hydrogens is 651 g/mol. The van der Waals surface area contributed by atoms with Crippen LogP contribution >= 0.6 is 0 Å². The number of fused-ring (bicyclic) bond motifs is 1. The number of hydrogen-bond donors (Lipinski definition) is 0. The van der Waals surface area contributed by atoms with E-state index in [0.717, 1.165) is 31.1 Å². The van der Waals surface area contributed by atoms with Gasteiger partial charge in [0.1, 0.15) is 0 Å². The van der Waals surface area contributed by atoms with Gasteiger partial charge >= 0.3 is 0 Å². The largest absolute Gasteiger partial charge is 0.309 e. The first-order chi connectivity index (χ1) is 24.3. The molecule has 5 rings (SSSR count). The number of nitrogens with zero attached hydrogens (tertiary/aromatic N) is 7. The zero-order valence-electron chi connectivity index (χ0n) is 38.8. The van der Waals surface area contributed by atoms with Crippen LogP contribution in [0.15, 0.2) is 24.3 Å². The van der Waals surface area contributed by atoms with Crippen molar-refractivity contribution in [1.29, 1.82) is 0 Å². The molecule has 4 heterocycles. The van der Waals surface area contributed by atoms with E-state index in [0.29, 0.717) is 22.2 Å². The lowest BCUT2D eigenvalue weighted by molar-refractivity contribution is 0.0616. The second-order valence-corrected chi connectivity index (χ2v) is 21.4. The number of hydrogen-bond acceptors (Lipinski definition) is 7. The fraction of sp³-hybridized carbons (Fsp3) is 0.870. The summed E-state index contributed by atoms with van der Waals surface area (Å²) in [6.07, 6.45) is 8.10. The average Bonchev–Trinajstić information content (AvgIpc) is 3.50. The normalized spacial score (nSPS) is 22.2. The maximum atomic E-state index is 2.61. The molecule has 0 aromatic heterocycles. The number of benzene rings is 1. The minimum absolute atomic E-state index is 0.291. The Morgan fingerprint density at radius 1 is 0.491 bits per heavy atom. The highest BCUT2D eigenvalue weighted by molar-refractivity contribution is 5.30. The molecule has 4 aliphatic heterocycles. The Labute approximate surface area is 331 Å². The fourth-order valence-electron chi connectivity index (χ4n) is 8.15. The van der Waals surface area contributed by atoms with Crippen molar-refractivity contribution < 1.29 is 0 Å². The van der Waals surface area contributed by atoms with Crippen molar-refractivity contribution in [3.8, 4) is 0 Å². The second kappa shape index (κ2) is 20.9. The summed E-state index contributed by atoms with van der Waals surface area (Å²) in [7, 11) is 13.1. The van der Waals surface area contributed by atoms with Gasteiger partial charge in [0, 0.05) is 73.5 Å². The predicted molar refractivity (Wildman–Crippen MR) is 234 cm³/mol. The van der Waals surface area contributed by atoms with Gasteiger partial charge in [0.25, 0.3) is 0 Å². The SMILES string of the molecule is CC(C)(C)N1Cc2ccccc2C1.CN(C)C1CCCN(C(C)(C)C)C1.CN(C)C1CCN(C(C)(C)C)CC1.CN(C)CC1CCN(C(C)(C)C)CC1. The Bertz CT molecular complexity index is 1110. The minimum Gasteiger partial charge on any atom is -0.309 e. The highest BCUT2D eigenvalue weighted by atomic mass is 15.2. The predicted octanol–water partition coefficient (Wildman–Crippen LogP) is 8.48. The summed E-state index contributed by atoms with van der Waals surface area (Å²) >= 11 is 0. The van der Waals surface area contributed by atoms with Gasteiger partial charge in [-0.25, -0.2) is 0 Å². The first kappa shape index (κ1) is 48.1. The molecule has 0 spiro atoms. The standard InChI is InChI=1S/C12H26N2.C12H17N.2C11H24N2/c1-12(2,3)14-8-6-11(7-9-14)10-13(4)5;1-12(2,3)13-8-10-6-4-5-7-11(10)9-13;1-11(2,3)13-8-6-10(7-9-13)12(4)5;1-11(2,3)13-8-6-7-10(9-13)12(4)5/h11H,6-10H2,1-5H3;4-7H,8-9H2,1-3H3;2*10H,6-9H2,1-5H3. The summed E-state index contributed by atoms with van der Waals surface area (Å²) in [4.78, 5) is 17.3. The Balaban J connectivity index is 0.000000245. The minimum atomic E-state index is 0.291. The van der Waals surface area contributed by atoms with Gasteiger partial charge in [-0.3, -0.25) is 19.6 Å². The molecule has 0 saturated carbocycles. The van der Waals surface area contributed by atoms with Crippen molar-refractivity contribution in [2.75, 3.05) is 88.1 Å². The van der Waals surface area contributed by atoms with E-state index < -0.39 is 0 Å². The molecule has 0 bridgehead atoms. The van der Waals surface area contributed by atoms with E-state index in [1.807, 2.05) is 0 Å². The summed E-state index contributed by atoms with van der Waals surface area (Å²) in [5.41, 5.74) is 4.35. The zero-order valence-corrected chi connectivity index (χ0v) is 38.8. The van der Waals surface area contributed by atoms with Crippen LogP contribution in [0.25, 0.3) is 0 Å². The molecule has 4 aliphatic rings. The molecule has 0 aliphatic carbocycles. The van der Waals surface area contributed by atoms with Crippen LogP contribution in [0.2, 0.25) is 0 Å². The molecule has 53 heavy (non-hydrogen) atoms. The van der Waals surface area contributed by atoms with E-state index >= 15 is 0 Å². The number of rotatable bonds is 4. The molecule has 0 radical (unpaired) electrons. The third-order valence-corrected chi connectivity index (χ3v) is 12.2. The Hall–Kier alpha value is -1.06. The molecule has 7 nitrogen and oxygen atoms in total. The van der Waals surface area contributed by atoms with Crippen molar-refractivity contribution in [2.24, 2.45) is 5.92 Å². The van der Waals surface area contributed by atoms with Gasteiger partial charge in [-0.1, -0.05) is 24.3 Å². The number of piperidine rings is 3. The summed E-state index contributed by atoms with van der Waals surface area (Å²) < 4.78 is 0. The summed E-state index contributed by atoms with van der Waals surface area (Å²) in [6, 6.07) is 10.3. The van der Waals surface area contributed by atoms with Crippen LogP contribution in [0.4, 0.5) is 0 Å². The van der Waals surface area contributed by atoms with Crippen LogP contribution in [0.3, 0.4) is 0 Å². The topological polar surface area (TPSA) is 22.7 Å². The highest BCUT2D eigenvalue weighted by Gasteiger charge is 2.30. The first-order valence-electron chi connectivity index (χ1n) is 21.3. The van der Waals surface area contributed by atoms with Crippen molar-refractivity contribution >= 4 is 0 Å². The van der Waals surface area contributed by atoms with Crippen LogP contribution in [-0.2, 0) is 13.1 Å². The third-order valence-electron chi connectivity index (χ3n) is 12.2. The fourth-order valence-corrected chi connectivity index (χ4v) is 8.15. The van der Waals surface area contributed by atoms with Crippen LogP contribution in [0, 0.1) is 5.92 Å². The summed E-state index contributed by atoms with van der Waals surface area (Å²) in [5.74, 6) is 0.920. The molecule has 1 unspecified atom stereocenters. The molecule has 7 heteroatoms. The molecule has 0 N–H and O–H groups in total. The summed E-state index contributed by atoms with van der Waals surface area (Å²) in [5, 5.41) is 0. The smallest absolute Gasteiger partial charge is 0.0245 e. The van der Waals surface area contributed by atoms with Crippen LogP contribution in [-0.4, -0.2) is 157 Å². The Morgan fingerprint density at radius 2 is 0.887 bits per heavy atom. The molecule has 3 fully saturated rings. The van der Waals surface area contributed by atoms with E-state index in [9.17, 15) is 0 Å².